The lowest BCUT2D eigenvalue weighted by atomic mass is 10.0. The van der Waals surface area contributed by atoms with Crippen LogP contribution in [0.15, 0.2) is 48.7 Å². The minimum Gasteiger partial charge on any atom is -0.431 e. The molecule has 0 unspecified atom stereocenters. The maximum absolute atomic E-state index is 12.2. The first-order chi connectivity index (χ1) is 16.6. The zero-order valence-corrected chi connectivity index (χ0v) is 20.2. The third-order valence-electron chi connectivity index (χ3n) is 5.95. The van der Waals surface area contributed by atoms with Crippen molar-refractivity contribution in [2.75, 3.05) is 5.32 Å². The number of nitro groups is 1. The van der Waals surface area contributed by atoms with Crippen LogP contribution in [0.3, 0.4) is 0 Å². The van der Waals surface area contributed by atoms with Gasteiger partial charge in [-0.15, -0.1) is 0 Å². The fourth-order valence-corrected chi connectivity index (χ4v) is 4.16. The molecular formula is C25H29N5O5. The second-order valence-corrected chi connectivity index (χ2v) is 9.65. The van der Waals surface area contributed by atoms with Crippen LogP contribution in [0.4, 0.5) is 22.0 Å². The van der Waals surface area contributed by atoms with E-state index in [1.54, 1.807) is 6.20 Å². The Morgan fingerprint density at radius 2 is 1.94 bits per heavy atom. The van der Waals surface area contributed by atoms with Crippen molar-refractivity contribution >= 4 is 23.3 Å². The van der Waals surface area contributed by atoms with Crippen LogP contribution in [0.5, 0.6) is 5.75 Å². The number of carbonyl (C=O) groups is 1. The van der Waals surface area contributed by atoms with Gasteiger partial charge in [0.15, 0.2) is 0 Å². The van der Waals surface area contributed by atoms with E-state index in [1.165, 1.54) is 24.3 Å². The van der Waals surface area contributed by atoms with Crippen LogP contribution in [-0.4, -0.2) is 31.9 Å². The first kappa shape index (κ1) is 24.2. The van der Waals surface area contributed by atoms with Gasteiger partial charge in [0.1, 0.15) is 17.7 Å². The van der Waals surface area contributed by atoms with Crippen molar-refractivity contribution in [3.8, 4) is 5.75 Å². The SMILES string of the molecule is Cc1ncccc1Nc1cc([C@H]2CC[C@@H](OC(=O)Oc3ccc([N+](=O)[O-])cc3)C2)nn1C(C)(C)C. The molecule has 0 radical (unpaired) electrons. The highest BCUT2D eigenvalue weighted by molar-refractivity contribution is 5.64. The Labute approximate surface area is 203 Å². The molecule has 1 aliphatic rings. The monoisotopic (exact) mass is 479 g/mol. The van der Waals surface area contributed by atoms with Crippen LogP contribution < -0.4 is 10.1 Å². The number of benzene rings is 1. The predicted octanol–water partition coefficient (Wildman–Crippen LogP) is 5.85. The van der Waals surface area contributed by atoms with E-state index in [1.807, 2.05) is 23.7 Å². The number of ether oxygens (including phenoxy) is 2. The van der Waals surface area contributed by atoms with Gasteiger partial charge in [0.05, 0.1) is 27.5 Å². The van der Waals surface area contributed by atoms with E-state index in [0.717, 1.165) is 29.3 Å². The highest BCUT2D eigenvalue weighted by atomic mass is 16.7. The van der Waals surface area contributed by atoms with Gasteiger partial charge in [0.25, 0.3) is 5.69 Å². The molecule has 35 heavy (non-hydrogen) atoms. The molecule has 2 aromatic heterocycles. The first-order valence-electron chi connectivity index (χ1n) is 11.5. The third kappa shape index (κ3) is 5.76. The Morgan fingerprint density at radius 3 is 2.60 bits per heavy atom. The van der Waals surface area contributed by atoms with E-state index in [9.17, 15) is 14.9 Å². The molecule has 0 saturated heterocycles. The summed E-state index contributed by atoms with van der Waals surface area (Å²) in [7, 11) is 0. The van der Waals surface area contributed by atoms with Crippen molar-refractivity contribution in [3.63, 3.8) is 0 Å². The molecule has 1 aliphatic carbocycles. The fraction of sp³-hybridized carbons (Fsp3) is 0.400. The number of aromatic nitrogens is 3. The summed E-state index contributed by atoms with van der Waals surface area (Å²) in [5.74, 6) is 1.22. The summed E-state index contributed by atoms with van der Waals surface area (Å²) in [4.78, 5) is 26.8. The van der Waals surface area contributed by atoms with Gasteiger partial charge < -0.3 is 14.8 Å². The molecular weight excluding hydrogens is 450 g/mol. The number of rotatable bonds is 6. The lowest BCUT2D eigenvalue weighted by molar-refractivity contribution is -0.384. The van der Waals surface area contributed by atoms with Crippen molar-refractivity contribution in [2.45, 2.75) is 64.5 Å². The second kappa shape index (κ2) is 9.73. The van der Waals surface area contributed by atoms with Gasteiger partial charge in [-0.25, -0.2) is 9.48 Å². The van der Waals surface area contributed by atoms with E-state index in [0.29, 0.717) is 12.8 Å². The zero-order chi connectivity index (χ0) is 25.2. The molecule has 2 heterocycles. The molecule has 184 valence electrons. The normalized spacial score (nSPS) is 17.7. The largest absolute Gasteiger partial charge is 0.514 e. The van der Waals surface area contributed by atoms with Gasteiger partial charge >= 0.3 is 6.16 Å². The Morgan fingerprint density at radius 1 is 1.20 bits per heavy atom. The van der Waals surface area contributed by atoms with Crippen molar-refractivity contribution in [1.82, 2.24) is 14.8 Å². The highest BCUT2D eigenvalue weighted by Gasteiger charge is 2.32. The van der Waals surface area contributed by atoms with Crippen LogP contribution in [0.25, 0.3) is 0 Å². The van der Waals surface area contributed by atoms with Crippen molar-refractivity contribution in [3.05, 3.63) is 70.2 Å². The Bertz CT molecular complexity index is 1220. The molecule has 0 amide bonds. The molecule has 1 N–H and O–H groups in total. The topological polar surface area (TPSA) is 121 Å². The molecule has 1 saturated carbocycles. The van der Waals surface area contributed by atoms with Gasteiger partial charge in [-0.05, 0) is 71.2 Å². The number of nitrogens with zero attached hydrogens (tertiary/aromatic N) is 4. The summed E-state index contributed by atoms with van der Waals surface area (Å²) in [5, 5.41) is 19.1. The van der Waals surface area contributed by atoms with E-state index in [2.05, 4.69) is 37.1 Å². The number of aryl methyl sites for hydroxylation is 1. The molecule has 4 rings (SSSR count). The molecule has 2 atom stereocenters. The van der Waals surface area contributed by atoms with Crippen molar-refractivity contribution < 1.29 is 19.2 Å². The maximum Gasteiger partial charge on any atom is 0.514 e. The van der Waals surface area contributed by atoms with Crippen LogP contribution >= 0.6 is 0 Å². The minimum atomic E-state index is -0.820. The average molecular weight is 480 g/mol. The predicted molar refractivity (Wildman–Crippen MR) is 130 cm³/mol. The van der Waals surface area contributed by atoms with Crippen LogP contribution in [0.1, 0.15) is 57.3 Å². The third-order valence-corrected chi connectivity index (χ3v) is 5.95. The van der Waals surface area contributed by atoms with E-state index in [4.69, 9.17) is 14.6 Å². The van der Waals surface area contributed by atoms with Crippen molar-refractivity contribution in [2.24, 2.45) is 0 Å². The quantitative estimate of drug-likeness (QED) is 0.202. The van der Waals surface area contributed by atoms with E-state index >= 15 is 0 Å². The van der Waals surface area contributed by atoms with Crippen molar-refractivity contribution in [1.29, 1.82) is 0 Å². The number of anilines is 2. The minimum absolute atomic E-state index is 0.0772. The molecule has 0 bridgehead atoms. The number of non-ortho nitro benzene ring substituents is 1. The molecule has 1 fully saturated rings. The zero-order valence-electron chi connectivity index (χ0n) is 20.2. The Balaban J connectivity index is 1.41. The van der Waals surface area contributed by atoms with E-state index in [-0.39, 0.29) is 29.0 Å². The van der Waals surface area contributed by atoms with Gasteiger partial charge in [0.2, 0.25) is 0 Å². The standard InChI is InChI=1S/C25H29N5O5/c1-16-21(6-5-13-26-16)27-23-15-22(28-29(23)25(2,3)4)17-7-10-20(14-17)35-24(31)34-19-11-8-18(9-12-19)30(32)33/h5-6,8-9,11-13,15,17,20,27H,7,10,14H2,1-4H3/t17-,20+/m0/s1. The van der Waals surface area contributed by atoms with Crippen LogP contribution in [0.2, 0.25) is 0 Å². The summed E-state index contributed by atoms with van der Waals surface area (Å²) in [6.07, 6.45) is 2.83. The second-order valence-electron chi connectivity index (χ2n) is 9.65. The molecule has 1 aromatic carbocycles. The summed E-state index contributed by atoms with van der Waals surface area (Å²) >= 11 is 0. The Kier molecular flexibility index (Phi) is 6.72. The summed E-state index contributed by atoms with van der Waals surface area (Å²) < 4.78 is 12.7. The van der Waals surface area contributed by atoms with Crippen LogP contribution in [0, 0.1) is 17.0 Å². The van der Waals surface area contributed by atoms with Crippen LogP contribution in [-0.2, 0) is 10.3 Å². The number of nitrogens with one attached hydrogen (secondary N) is 1. The molecule has 10 heteroatoms. The number of pyridine rings is 1. The maximum atomic E-state index is 12.2. The average Bonchev–Trinajstić information content (AvgIpc) is 3.42. The number of hydrogen-bond acceptors (Lipinski definition) is 8. The molecule has 10 nitrogen and oxygen atoms in total. The number of carbonyl (C=O) groups excluding carboxylic acids is 1. The van der Waals surface area contributed by atoms with Gasteiger partial charge in [0, 0.05) is 30.3 Å². The molecule has 0 aliphatic heterocycles. The molecule has 0 spiro atoms. The Hall–Kier alpha value is -3.95. The summed E-state index contributed by atoms with van der Waals surface area (Å²) in [6, 6.07) is 11.2. The van der Waals surface area contributed by atoms with E-state index < -0.39 is 11.1 Å². The van der Waals surface area contributed by atoms with Gasteiger partial charge in [-0.2, -0.15) is 5.10 Å². The van der Waals surface area contributed by atoms with Gasteiger partial charge in [-0.3, -0.25) is 15.1 Å². The number of hydrogen-bond donors (Lipinski definition) is 1. The summed E-state index contributed by atoms with van der Waals surface area (Å²) in [6.45, 7) is 8.25. The highest BCUT2D eigenvalue weighted by Crippen LogP contribution is 2.38. The summed E-state index contributed by atoms with van der Waals surface area (Å²) in [5.41, 5.74) is 2.45. The lowest BCUT2D eigenvalue weighted by Crippen LogP contribution is -2.25. The van der Waals surface area contributed by atoms with Gasteiger partial charge in [-0.1, -0.05) is 0 Å². The first-order valence-corrected chi connectivity index (χ1v) is 11.5. The smallest absolute Gasteiger partial charge is 0.431 e. The number of nitro benzene ring substituents is 1. The fourth-order valence-electron chi connectivity index (χ4n) is 4.16. The lowest BCUT2D eigenvalue weighted by Gasteiger charge is -2.23. The molecule has 3 aromatic rings.